The van der Waals surface area contributed by atoms with E-state index in [9.17, 15) is 4.79 Å². The van der Waals surface area contributed by atoms with Gasteiger partial charge in [0, 0.05) is 6.54 Å². The second-order valence-electron chi connectivity index (χ2n) is 2.25. The lowest BCUT2D eigenvalue weighted by atomic mass is 10.5. The van der Waals surface area contributed by atoms with Crippen LogP contribution in [0.3, 0.4) is 0 Å². The Morgan fingerprint density at radius 1 is 1.75 bits per heavy atom. The average Bonchev–Trinajstić information content (AvgIpc) is 2.37. The zero-order valence-corrected chi connectivity index (χ0v) is 7.05. The molecule has 0 saturated carbocycles. The quantitative estimate of drug-likeness (QED) is 0.697. The Balaban J connectivity index is 2.52. The van der Waals surface area contributed by atoms with E-state index in [0.29, 0.717) is 18.1 Å². The van der Waals surface area contributed by atoms with E-state index in [1.165, 1.54) is 6.39 Å². The number of hydrogen-bond donors (Lipinski definition) is 2. The van der Waals surface area contributed by atoms with Gasteiger partial charge in [-0.25, -0.2) is 9.78 Å². The number of oxazole rings is 1. The molecule has 0 bridgehead atoms. The highest BCUT2D eigenvalue weighted by Crippen LogP contribution is 2.10. The number of carbonyl (C=O) groups excluding carboxylic acids is 1. The van der Waals surface area contributed by atoms with Crippen LogP contribution in [0.25, 0.3) is 0 Å². The van der Waals surface area contributed by atoms with Crippen LogP contribution in [0.1, 0.15) is 12.6 Å². The lowest BCUT2D eigenvalue weighted by Gasteiger charge is -2.01. The number of amides is 2. The molecular formula is C7H11N3O2. The van der Waals surface area contributed by atoms with Crippen molar-refractivity contribution in [3.05, 3.63) is 12.1 Å². The number of nitrogens with one attached hydrogen (secondary N) is 2. The number of carbonyl (C=O) groups is 1. The van der Waals surface area contributed by atoms with Crippen molar-refractivity contribution in [2.45, 2.75) is 13.8 Å². The number of anilines is 1. The van der Waals surface area contributed by atoms with Crippen LogP contribution in [0.2, 0.25) is 0 Å². The van der Waals surface area contributed by atoms with Crippen molar-refractivity contribution in [1.82, 2.24) is 10.3 Å². The highest BCUT2D eigenvalue weighted by atomic mass is 16.4. The largest absolute Gasteiger partial charge is 0.427 e. The lowest BCUT2D eigenvalue weighted by Crippen LogP contribution is -2.28. The summed E-state index contributed by atoms with van der Waals surface area (Å²) in [7, 11) is 0. The molecule has 1 aromatic rings. The molecule has 12 heavy (non-hydrogen) atoms. The Bertz CT molecular complexity index is 269. The summed E-state index contributed by atoms with van der Waals surface area (Å²) < 4.78 is 4.90. The van der Waals surface area contributed by atoms with E-state index in [2.05, 4.69) is 15.6 Å². The fourth-order valence-electron chi connectivity index (χ4n) is 0.730. The predicted octanol–water partition coefficient (Wildman–Crippen LogP) is 1.12. The fourth-order valence-corrected chi connectivity index (χ4v) is 0.730. The second kappa shape index (κ2) is 3.75. The number of aromatic nitrogens is 1. The van der Waals surface area contributed by atoms with Crippen molar-refractivity contribution in [1.29, 1.82) is 0 Å². The van der Waals surface area contributed by atoms with Crippen LogP contribution in [0.15, 0.2) is 10.8 Å². The molecule has 0 aliphatic heterocycles. The zero-order valence-electron chi connectivity index (χ0n) is 7.05. The third-order valence-corrected chi connectivity index (χ3v) is 1.31. The Labute approximate surface area is 70.2 Å². The van der Waals surface area contributed by atoms with Gasteiger partial charge in [-0.1, -0.05) is 0 Å². The lowest BCUT2D eigenvalue weighted by molar-refractivity contribution is 0.252. The minimum absolute atomic E-state index is 0.280. The average molecular weight is 169 g/mol. The molecule has 0 radical (unpaired) electrons. The third kappa shape index (κ3) is 1.98. The number of hydrogen-bond acceptors (Lipinski definition) is 3. The van der Waals surface area contributed by atoms with Crippen LogP contribution in [-0.4, -0.2) is 17.6 Å². The van der Waals surface area contributed by atoms with E-state index in [1.54, 1.807) is 6.92 Å². The van der Waals surface area contributed by atoms with Gasteiger partial charge in [0.25, 0.3) is 0 Å². The SMILES string of the molecule is CCNC(=O)Nc1ocnc1C. The Kier molecular flexibility index (Phi) is 2.68. The Morgan fingerprint density at radius 3 is 3.00 bits per heavy atom. The van der Waals surface area contributed by atoms with Crippen molar-refractivity contribution in [2.75, 3.05) is 11.9 Å². The molecule has 5 heteroatoms. The minimum Gasteiger partial charge on any atom is -0.427 e. The molecule has 2 amide bonds. The Morgan fingerprint density at radius 2 is 2.50 bits per heavy atom. The van der Waals surface area contributed by atoms with Crippen LogP contribution >= 0.6 is 0 Å². The molecule has 66 valence electrons. The van der Waals surface area contributed by atoms with E-state index < -0.39 is 0 Å². The van der Waals surface area contributed by atoms with Crippen molar-refractivity contribution in [2.24, 2.45) is 0 Å². The summed E-state index contributed by atoms with van der Waals surface area (Å²) >= 11 is 0. The predicted molar refractivity (Wildman–Crippen MR) is 43.9 cm³/mol. The standard InChI is InChI=1S/C7H11N3O2/c1-3-8-7(11)10-6-5(2)9-4-12-6/h4H,3H2,1-2H3,(H2,8,10,11). The molecule has 1 heterocycles. The summed E-state index contributed by atoms with van der Waals surface area (Å²) in [5.74, 6) is 0.390. The number of nitrogens with zero attached hydrogens (tertiary/aromatic N) is 1. The molecular weight excluding hydrogens is 158 g/mol. The van der Waals surface area contributed by atoms with Gasteiger partial charge >= 0.3 is 6.03 Å². The summed E-state index contributed by atoms with van der Waals surface area (Å²) in [6.45, 7) is 4.18. The van der Waals surface area contributed by atoms with Gasteiger partial charge in [-0.05, 0) is 13.8 Å². The smallest absolute Gasteiger partial charge is 0.321 e. The van der Waals surface area contributed by atoms with E-state index in [-0.39, 0.29) is 6.03 Å². The van der Waals surface area contributed by atoms with Crippen molar-refractivity contribution in [3.63, 3.8) is 0 Å². The number of rotatable bonds is 2. The molecule has 1 aromatic heterocycles. The summed E-state index contributed by atoms with van der Waals surface area (Å²) in [4.78, 5) is 14.8. The maximum Gasteiger partial charge on any atom is 0.321 e. The van der Waals surface area contributed by atoms with Crippen molar-refractivity contribution in [3.8, 4) is 0 Å². The molecule has 0 aromatic carbocycles. The van der Waals surface area contributed by atoms with Gasteiger partial charge in [-0.3, -0.25) is 5.32 Å². The molecule has 0 saturated heterocycles. The first-order valence-corrected chi connectivity index (χ1v) is 3.69. The van der Waals surface area contributed by atoms with Gasteiger partial charge in [0.2, 0.25) is 5.88 Å². The topological polar surface area (TPSA) is 67.2 Å². The van der Waals surface area contributed by atoms with Crippen LogP contribution < -0.4 is 10.6 Å². The molecule has 0 spiro atoms. The third-order valence-electron chi connectivity index (χ3n) is 1.31. The summed E-state index contributed by atoms with van der Waals surface area (Å²) in [6, 6.07) is -0.280. The van der Waals surface area contributed by atoms with E-state index in [0.717, 1.165) is 0 Å². The fraction of sp³-hybridized carbons (Fsp3) is 0.429. The van der Waals surface area contributed by atoms with Crippen LogP contribution in [0.4, 0.5) is 10.7 Å². The highest BCUT2D eigenvalue weighted by Gasteiger charge is 2.05. The normalized spacial score (nSPS) is 9.50. The molecule has 0 aliphatic carbocycles. The monoisotopic (exact) mass is 169 g/mol. The second-order valence-corrected chi connectivity index (χ2v) is 2.25. The first-order chi connectivity index (χ1) is 5.74. The van der Waals surface area contributed by atoms with Gasteiger partial charge in [-0.15, -0.1) is 0 Å². The van der Waals surface area contributed by atoms with Crippen LogP contribution in [-0.2, 0) is 0 Å². The molecule has 2 N–H and O–H groups in total. The molecule has 0 fully saturated rings. The maximum atomic E-state index is 11.0. The summed E-state index contributed by atoms with van der Waals surface area (Å²) in [6.07, 6.45) is 1.29. The van der Waals surface area contributed by atoms with Gasteiger partial charge in [0.15, 0.2) is 6.39 Å². The molecule has 1 rings (SSSR count). The van der Waals surface area contributed by atoms with E-state index in [1.807, 2.05) is 6.92 Å². The van der Waals surface area contributed by atoms with Gasteiger partial charge in [-0.2, -0.15) is 0 Å². The zero-order chi connectivity index (χ0) is 8.97. The Hall–Kier alpha value is -1.52. The van der Waals surface area contributed by atoms with E-state index >= 15 is 0 Å². The van der Waals surface area contributed by atoms with Crippen LogP contribution in [0, 0.1) is 6.92 Å². The first-order valence-electron chi connectivity index (χ1n) is 3.69. The summed E-state index contributed by atoms with van der Waals surface area (Å²) in [5, 5.41) is 5.09. The van der Waals surface area contributed by atoms with Crippen molar-refractivity contribution >= 4 is 11.9 Å². The number of aryl methyl sites for hydroxylation is 1. The minimum atomic E-state index is -0.280. The molecule has 0 aliphatic rings. The molecule has 0 atom stereocenters. The molecule has 5 nitrogen and oxygen atoms in total. The number of urea groups is 1. The maximum absolute atomic E-state index is 11.0. The summed E-state index contributed by atoms with van der Waals surface area (Å²) in [5.41, 5.74) is 0.668. The van der Waals surface area contributed by atoms with Gasteiger partial charge in [0.1, 0.15) is 5.69 Å². The van der Waals surface area contributed by atoms with Crippen molar-refractivity contribution < 1.29 is 9.21 Å². The first kappa shape index (κ1) is 8.58. The highest BCUT2D eigenvalue weighted by molar-refractivity contribution is 5.88. The van der Waals surface area contributed by atoms with Gasteiger partial charge < -0.3 is 9.73 Å². The van der Waals surface area contributed by atoms with Gasteiger partial charge in [0.05, 0.1) is 0 Å². The van der Waals surface area contributed by atoms with Crippen LogP contribution in [0.5, 0.6) is 0 Å². The molecule has 0 unspecified atom stereocenters. The van der Waals surface area contributed by atoms with E-state index in [4.69, 9.17) is 4.42 Å².